The summed E-state index contributed by atoms with van der Waals surface area (Å²) in [5.74, 6) is 0.451. The van der Waals surface area contributed by atoms with E-state index in [1.807, 2.05) is 0 Å². The van der Waals surface area contributed by atoms with Gasteiger partial charge in [-0.25, -0.2) is 0 Å². The van der Waals surface area contributed by atoms with Crippen molar-refractivity contribution in [1.29, 1.82) is 0 Å². The molecule has 2 aliphatic heterocycles. The van der Waals surface area contributed by atoms with Crippen LogP contribution in [0.15, 0.2) is 0 Å². The second-order valence-electron chi connectivity index (χ2n) is 4.09. The Morgan fingerprint density at radius 3 is 1.86 bits per heavy atom. The summed E-state index contributed by atoms with van der Waals surface area (Å²) in [5.41, 5.74) is 0. The van der Waals surface area contributed by atoms with Gasteiger partial charge in [-0.15, -0.1) is 0 Å². The third kappa shape index (κ3) is 4.37. The molecule has 14 heavy (non-hydrogen) atoms. The van der Waals surface area contributed by atoms with E-state index in [-0.39, 0.29) is 0 Å². The van der Waals surface area contributed by atoms with E-state index in [1.54, 1.807) is 0 Å². The van der Waals surface area contributed by atoms with Gasteiger partial charge in [-0.3, -0.25) is 0 Å². The Morgan fingerprint density at radius 1 is 1.07 bits per heavy atom. The highest BCUT2D eigenvalue weighted by atomic mass is 16.6. The molecule has 2 unspecified atom stereocenters. The molecule has 82 valence electrons. The first-order valence-electron chi connectivity index (χ1n) is 5.23. The quantitative estimate of drug-likeness (QED) is 0.536. The highest BCUT2D eigenvalue weighted by Gasteiger charge is 2.23. The van der Waals surface area contributed by atoms with Gasteiger partial charge in [0.15, 0.2) is 0 Å². The van der Waals surface area contributed by atoms with Crippen LogP contribution in [-0.2, 0) is 18.9 Å². The van der Waals surface area contributed by atoms with Crippen LogP contribution in [0.25, 0.3) is 0 Å². The Labute approximate surface area is 84.5 Å². The van der Waals surface area contributed by atoms with E-state index in [0.717, 1.165) is 39.6 Å². The van der Waals surface area contributed by atoms with E-state index < -0.39 is 0 Å². The molecular weight excluding hydrogens is 184 g/mol. The number of hydrogen-bond donors (Lipinski definition) is 0. The lowest BCUT2D eigenvalue weighted by molar-refractivity contribution is 0.0359. The second kappa shape index (κ2) is 5.07. The van der Waals surface area contributed by atoms with Crippen molar-refractivity contribution < 1.29 is 18.9 Å². The van der Waals surface area contributed by atoms with E-state index in [2.05, 4.69) is 6.92 Å². The van der Waals surface area contributed by atoms with Crippen LogP contribution < -0.4 is 0 Å². The molecule has 0 bridgehead atoms. The van der Waals surface area contributed by atoms with Gasteiger partial charge in [0.2, 0.25) is 0 Å². The maximum atomic E-state index is 5.46. The molecular formula is C10H18O4. The van der Waals surface area contributed by atoms with Gasteiger partial charge in [0.25, 0.3) is 0 Å². The lowest BCUT2D eigenvalue weighted by atomic mass is 10.2. The van der Waals surface area contributed by atoms with Gasteiger partial charge in [0.05, 0.1) is 39.6 Å². The lowest BCUT2D eigenvalue weighted by Crippen LogP contribution is -2.16. The smallest absolute Gasteiger partial charge is 0.104 e. The van der Waals surface area contributed by atoms with Crippen LogP contribution >= 0.6 is 0 Å². The Balaban J connectivity index is 1.38. The van der Waals surface area contributed by atoms with Gasteiger partial charge in [-0.2, -0.15) is 0 Å². The normalized spacial score (nSPS) is 31.5. The van der Waals surface area contributed by atoms with Crippen molar-refractivity contribution in [3.05, 3.63) is 0 Å². The first kappa shape index (κ1) is 10.4. The van der Waals surface area contributed by atoms with Gasteiger partial charge in [-0.1, -0.05) is 6.92 Å². The highest BCUT2D eigenvalue weighted by molar-refractivity contribution is 4.68. The van der Waals surface area contributed by atoms with Gasteiger partial charge in [-0.05, 0) is 0 Å². The van der Waals surface area contributed by atoms with E-state index in [0.29, 0.717) is 18.1 Å². The van der Waals surface area contributed by atoms with Crippen molar-refractivity contribution in [2.45, 2.75) is 19.1 Å². The van der Waals surface area contributed by atoms with E-state index >= 15 is 0 Å². The van der Waals surface area contributed by atoms with Crippen LogP contribution in [-0.4, -0.2) is 51.8 Å². The third-order valence-corrected chi connectivity index (χ3v) is 2.22. The Bertz CT molecular complexity index is 148. The van der Waals surface area contributed by atoms with Gasteiger partial charge >= 0.3 is 0 Å². The summed E-state index contributed by atoms with van der Waals surface area (Å²) in [7, 11) is 0. The highest BCUT2D eigenvalue weighted by Crippen LogP contribution is 2.11. The number of hydrogen-bond acceptors (Lipinski definition) is 4. The molecule has 4 heteroatoms. The Hall–Kier alpha value is -0.160. The topological polar surface area (TPSA) is 43.5 Å². The molecule has 4 nitrogen and oxygen atoms in total. The molecule has 0 aromatic heterocycles. The second-order valence-corrected chi connectivity index (χ2v) is 4.09. The van der Waals surface area contributed by atoms with Gasteiger partial charge in [0, 0.05) is 5.92 Å². The molecule has 2 fully saturated rings. The maximum absolute atomic E-state index is 5.46. The van der Waals surface area contributed by atoms with Crippen molar-refractivity contribution >= 4 is 0 Å². The molecule has 2 atom stereocenters. The first-order valence-corrected chi connectivity index (χ1v) is 5.23. The SMILES string of the molecule is CC(COCC1CO1)COCC1CO1. The van der Waals surface area contributed by atoms with Crippen LogP contribution in [0.5, 0.6) is 0 Å². The van der Waals surface area contributed by atoms with Crippen LogP contribution in [0, 0.1) is 5.92 Å². The fourth-order valence-electron chi connectivity index (χ4n) is 1.18. The zero-order chi connectivity index (χ0) is 9.80. The summed E-state index contributed by atoms with van der Waals surface area (Å²) in [6.07, 6.45) is 0.728. The Kier molecular flexibility index (Phi) is 3.75. The molecule has 0 spiro atoms. The van der Waals surface area contributed by atoms with Gasteiger partial charge in [0.1, 0.15) is 12.2 Å². The van der Waals surface area contributed by atoms with Crippen molar-refractivity contribution in [1.82, 2.24) is 0 Å². The molecule has 0 aromatic carbocycles. The molecule has 0 N–H and O–H groups in total. The maximum Gasteiger partial charge on any atom is 0.104 e. The fourth-order valence-corrected chi connectivity index (χ4v) is 1.18. The predicted octanol–water partition coefficient (Wildman–Crippen LogP) is 0.453. The summed E-state index contributed by atoms with van der Waals surface area (Å²) in [5, 5.41) is 0. The first-order chi connectivity index (χ1) is 6.84. The predicted molar refractivity (Wildman–Crippen MR) is 50.3 cm³/mol. The minimum absolute atomic E-state index is 0.364. The van der Waals surface area contributed by atoms with Crippen LogP contribution in [0.3, 0.4) is 0 Å². The minimum Gasteiger partial charge on any atom is -0.378 e. The molecule has 0 saturated carbocycles. The molecule has 2 rings (SSSR count). The van der Waals surface area contributed by atoms with Crippen LogP contribution in [0.4, 0.5) is 0 Å². The number of epoxide rings is 2. The lowest BCUT2D eigenvalue weighted by Gasteiger charge is -2.11. The van der Waals surface area contributed by atoms with E-state index in [4.69, 9.17) is 18.9 Å². The van der Waals surface area contributed by atoms with E-state index in [9.17, 15) is 0 Å². The largest absolute Gasteiger partial charge is 0.378 e. The van der Waals surface area contributed by atoms with Crippen molar-refractivity contribution in [3.8, 4) is 0 Å². The Morgan fingerprint density at radius 2 is 1.50 bits per heavy atom. The van der Waals surface area contributed by atoms with Crippen LogP contribution in [0.2, 0.25) is 0 Å². The van der Waals surface area contributed by atoms with Crippen LogP contribution in [0.1, 0.15) is 6.92 Å². The molecule has 2 heterocycles. The fraction of sp³-hybridized carbons (Fsp3) is 1.00. The monoisotopic (exact) mass is 202 g/mol. The summed E-state index contributed by atoms with van der Waals surface area (Å²) in [6, 6.07) is 0. The molecule has 2 saturated heterocycles. The average Bonchev–Trinajstić information content (AvgIpc) is 2.99. The molecule has 0 aromatic rings. The molecule has 0 aliphatic carbocycles. The summed E-state index contributed by atoms with van der Waals surface area (Å²) in [6.45, 7) is 6.83. The van der Waals surface area contributed by atoms with Crippen molar-refractivity contribution in [3.63, 3.8) is 0 Å². The summed E-state index contributed by atoms with van der Waals surface area (Å²) >= 11 is 0. The molecule has 0 amide bonds. The average molecular weight is 202 g/mol. The molecule has 0 radical (unpaired) electrons. The van der Waals surface area contributed by atoms with E-state index in [1.165, 1.54) is 0 Å². The zero-order valence-electron chi connectivity index (χ0n) is 8.61. The third-order valence-electron chi connectivity index (χ3n) is 2.22. The summed E-state index contributed by atoms with van der Waals surface area (Å²) < 4.78 is 21.0. The molecule has 2 aliphatic rings. The standard InChI is InChI=1S/C10H18O4/c1-8(2-11-4-9-6-13-9)3-12-5-10-7-14-10/h8-10H,2-7H2,1H3. The summed E-state index contributed by atoms with van der Waals surface area (Å²) in [4.78, 5) is 0. The number of rotatable bonds is 8. The van der Waals surface area contributed by atoms with Gasteiger partial charge < -0.3 is 18.9 Å². The minimum atomic E-state index is 0.364. The zero-order valence-corrected chi connectivity index (χ0v) is 8.61. The van der Waals surface area contributed by atoms with Crippen molar-refractivity contribution in [2.24, 2.45) is 5.92 Å². The van der Waals surface area contributed by atoms with Crippen molar-refractivity contribution in [2.75, 3.05) is 39.6 Å². The number of ether oxygens (including phenoxy) is 4.